The number of hydrogen-bond acceptors (Lipinski definition) is 4. The average molecular weight is 445 g/mol. The van der Waals surface area contributed by atoms with Crippen LogP contribution in [-0.4, -0.2) is 36.5 Å². The number of rotatable bonds is 9. The van der Waals surface area contributed by atoms with Crippen molar-refractivity contribution in [3.05, 3.63) is 65.2 Å². The molecule has 0 bridgehead atoms. The molecule has 0 aliphatic rings. The largest absolute Gasteiger partial charge is 0.465 e. The van der Waals surface area contributed by atoms with Gasteiger partial charge in [0.05, 0.1) is 18.6 Å². The highest BCUT2D eigenvalue weighted by atomic mass is 19.4. The lowest BCUT2D eigenvalue weighted by Gasteiger charge is -2.22. The maximum absolute atomic E-state index is 12.7. The van der Waals surface area contributed by atoms with Crippen molar-refractivity contribution >= 4 is 11.9 Å². The number of halogens is 5. The van der Waals surface area contributed by atoms with E-state index in [4.69, 9.17) is 4.74 Å². The smallest absolute Gasteiger partial charge is 0.416 e. The molecule has 0 saturated carbocycles. The first kappa shape index (κ1) is 24.1. The number of ether oxygens (including phenoxy) is 2. The fourth-order valence-electron chi connectivity index (χ4n) is 2.69. The van der Waals surface area contributed by atoms with Crippen LogP contribution in [0.4, 0.5) is 22.0 Å². The van der Waals surface area contributed by atoms with E-state index in [1.807, 2.05) is 0 Å². The third kappa shape index (κ3) is 7.88. The van der Waals surface area contributed by atoms with Crippen LogP contribution in [0.2, 0.25) is 0 Å². The monoisotopic (exact) mass is 445 g/mol. The first-order chi connectivity index (χ1) is 14.6. The molecule has 0 spiro atoms. The molecule has 0 aliphatic heterocycles. The highest BCUT2D eigenvalue weighted by molar-refractivity contribution is 5.83. The number of amides is 1. The molecule has 0 atom stereocenters. The average Bonchev–Trinajstić information content (AvgIpc) is 2.68. The van der Waals surface area contributed by atoms with Crippen LogP contribution >= 0.6 is 0 Å². The minimum Gasteiger partial charge on any atom is -0.465 e. The Hall–Kier alpha value is -3.17. The molecule has 0 aliphatic carbocycles. The van der Waals surface area contributed by atoms with Crippen LogP contribution in [-0.2, 0) is 33.5 Å². The summed E-state index contributed by atoms with van der Waals surface area (Å²) in [5, 5.41) is 0. The molecule has 1 amide bonds. The molecule has 31 heavy (non-hydrogen) atoms. The predicted molar refractivity (Wildman–Crippen MR) is 100 cm³/mol. The van der Waals surface area contributed by atoms with Gasteiger partial charge in [-0.2, -0.15) is 22.0 Å². The van der Waals surface area contributed by atoms with Gasteiger partial charge in [-0.05, 0) is 42.3 Å². The van der Waals surface area contributed by atoms with Crippen molar-refractivity contribution in [2.24, 2.45) is 0 Å². The van der Waals surface area contributed by atoms with Crippen molar-refractivity contribution < 1.29 is 41.0 Å². The van der Waals surface area contributed by atoms with E-state index in [-0.39, 0.29) is 31.9 Å². The molecule has 0 radical (unpaired) electrons. The van der Waals surface area contributed by atoms with Gasteiger partial charge in [-0.25, -0.2) is 0 Å². The van der Waals surface area contributed by atoms with E-state index in [9.17, 15) is 31.5 Å². The maximum Gasteiger partial charge on any atom is 0.416 e. The molecule has 0 unspecified atom stereocenters. The van der Waals surface area contributed by atoms with E-state index in [1.165, 1.54) is 36.4 Å². The topological polar surface area (TPSA) is 55.8 Å². The first-order valence-corrected chi connectivity index (χ1v) is 9.21. The second-order valence-electron chi connectivity index (χ2n) is 6.45. The fourth-order valence-corrected chi connectivity index (χ4v) is 2.69. The molecular weight excluding hydrogens is 425 g/mol. The minimum atomic E-state index is -4.49. The van der Waals surface area contributed by atoms with Gasteiger partial charge in [-0.15, -0.1) is 0 Å². The predicted octanol–water partition coefficient (Wildman–Crippen LogP) is 4.44. The van der Waals surface area contributed by atoms with Crippen molar-refractivity contribution in [1.82, 2.24) is 4.90 Å². The second kappa shape index (κ2) is 10.7. The van der Waals surface area contributed by atoms with Gasteiger partial charge in [-0.3, -0.25) is 9.59 Å². The lowest BCUT2D eigenvalue weighted by molar-refractivity contribution is -0.149. The van der Waals surface area contributed by atoms with E-state index in [0.717, 1.165) is 17.0 Å². The van der Waals surface area contributed by atoms with E-state index in [0.29, 0.717) is 11.1 Å². The quantitative estimate of drug-likeness (QED) is 0.423. The first-order valence-electron chi connectivity index (χ1n) is 9.21. The lowest BCUT2D eigenvalue weighted by atomic mass is 10.1. The Morgan fingerprint density at radius 1 is 0.968 bits per heavy atom. The Bertz CT molecular complexity index is 867. The van der Waals surface area contributed by atoms with Gasteiger partial charge >= 0.3 is 18.8 Å². The lowest BCUT2D eigenvalue weighted by Crippen LogP contribution is -2.37. The fraction of sp³-hybridized carbons (Fsp3) is 0.333. The SMILES string of the molecule is CCOC(=O)CN(Cc1ccc(C(F)(F)F)cc1)C(=O)Cc1ccc(OC(F)F)cc1. The second-order valence-corrected chi connectivity index (χ2v) is 6.45. The Kier molecular flexibility index (Phi) is 8.35. The highest BCUT2D eigenvalue weighted by Crippen LogP contribution is 2.29. The van der Waals surface area contributed by atoms with Crippen LogP contribution in [0.3, 0.4) is 0 Å². The molecule has 2 rings (SSSR count). The third-order valence-electron chi connectivity index (χ3n) is 4.14. The number of carbonyl (C=O) groups excluding carboxylic acids is 2. The van der Waals surface area contributed by atoms with Gasteiger partial charge in [0.15, 0.2) is 0 Å². The van der Waals surface area contributed by atoms with E-state index in [2.05, 4.69) is 4.74 Å². The number of carbonyl (C=O) groups is 2. The molecule has 168 valence electrons. The number of esters is 1. The Labute approximate surface area is 175 Å². The summed E-state index contributed by atoms with van der Waals surface area (Å²) < 4.78 is 71.8. The number of nitrogens with zero attached hydrogens (tertiary/aromatic N) is 1. The zero-order chi connectivity index (χ0) is 23.0. The number of benzene rings is 2. The minimum absolute atomic E-state index is 0.0701. The maximum atomic E-state index is 12.7. The third-order valence-corrected chi connectivity index (χ3v) is 4.14. The summed E-state index contributed by atoms with van der Waals surface area (Å²) in [6.07, 6.45) is -4.64. The molecule has 0 fully saturated rings. The molecule has 0 aromatic heterocycles. The summed E-state index contributed by atoms with van der Waals surface area (Å²) in [5.41, 5.74) is 0.0462. The molecule has 0 heterocycles. The van der Waals surface area contributed by atoms with Crippen molar-refractivity contribution in [3.63, 3.8) is 0 Å². The summed E-state index contributed by atoms with van der Waals surface area (Å²) in [4.78, 5) is 25.8. The van der Waals surface area contributed by atoms with Crippen LogP contribution in [0.25, 0.3) is 0 Å². The van der Waals surface area contributed by atoms with Gasteiger partial charge < -0.3 is 14.4 Å². The standard InChI is InChI=1S/C21H20F5NO4/c1-2-30-19(29)13-27(12-15-3-7-16(8-4-15)21(24,25)26)18(28)11-14-5-9-17(10-6-14)31-20(22)23/h3-10,20H,2,11-13H2,1H3. The summed E-state index contributed by atoms with van der Waals surface area (Å²) in [7, 11) is 0. The molecule has 2 aromatic rings. The summed E-state index contributed by atoms with van der Waals surface area (Å²) in [5.74, 6) is -1.22. The summed E-state index contributed by atoms with van der Waals surface area (Å²) in [6.45, 7) is -1.77. The van der Waals surface area contributed by atoms with E-state index < -0.39 is 30.2 Å². The van der Waals surface area contributed by atoms with Crippen LogP contribution in [0.15, 0.2) is 48.5 Å². The van der Waals surface area contributed by atoms with Crippen LogP contribution in [0, 0.1) is 0 Å². The summed E-state index contributed by atoms with van der Waals surface area (Å²) in [6, 6.07) is 9.65. The van der Waals surface area contributed by atoms with E-state index >= 15 is 0 Å². The Balaban J connectivity index is 2.12. The number of hydrogen-bond donors (Lipinski definition) is 0. The van der Waals surface area contributed by atoms with E-state index in [1.54, 1.807) is 6.92 Å². The van der Waals surface area contributed by atoms with Crippen LogP contribution in [0.5, 0.6) is 5.75 Å². The molecule has 0 N–H and O–H groups in total. The van der Waals surface area contributed by atoms with Gasteiger partial charge in [0.1, 0.15) is 12.3 Å². The Morgan fingerprint density at radius 3 is 2.06 bits per heavy atom. The Morgan fingerprint density at radius 2 is 1.55 bits per heavy atom. The van der Waals surface area contributed by atoms with Gasteiger partial charge in [-0.1, -0.05) is 24.3 Å². The van der Waals surface area contributed by atoms with Gasteiger partial charge in [0, 0.05) is 6.54 Å². The van der Waals surface area contributed by atoms with Crippen molar-refractivity contribution in [3.8, 4) is 5.75 Å². The molecule has 0 saturated heterocycles. The van der Waals surface area contributed by atoms with Gasteiger partial charge in [0.25, 0.3) is 0 Å². The highest BCUT2D eigenvalue weighted by Gasteiger charge is 2.30. The van der Waals surface area contributed by atoms with Gasteiger partial charge in [0.2, 0.25) is 5.91 Å². The van der Waals surface area contributed by atoms with Crippen molar-refractivity contribution in [1.29, 1.82) is 0 Å². The summed E-state index contributed by atoms with van der Waals surface area (Å²) >= 11 is 0. The van der Waals surface area contributed by atoms with Crippen molar-refractivity contribution in [2.45, 2.75) is 32.7 Å². The van der Waals surface area contributed by atoms with Crippen LogP contribution < -0.4 is 4.74 Å². The zero-order valence-corrected chi connectivity index (χ0v) is 16.5. The molecule has 10 heteroatoms. The number of alkyl halides is 5. The molecule has 2 aromatic carbocycles. The zero-order valence-electron chi connectivity index (χ0n) is 16.5. The normalized spacial score (nSPS) is 11.3. The van der Waals surface area contributed by atoms with Crippen molar-refractivity contribution in [2.75, 3.05) is 13.2 Å². The van der Waals surface area contributed by atoms with Crippen LogP contribution in [0.1, 0.15) is 23.6 Å². The molecule has 5 nitrogen and oxygen atoms in total. The molecular formula is C21H20F5NO4.